The summed E-state index contributed by atoms with van der Waals surface area (Å²) in [7, 11) is 0. The van der Waals surface area contributed by atoms with Crippen molar-refractivity contribution in [3.8, 4) is 0 Å². The molecular formula is C36H67N7O8. The van der Waals surface area contributed by atoms with Crippen molar-refractivity contribution < 1.29 is 38.7 Å². The quantitative estimate of drug-likeness (QED) is 0.0704. The number of carbonyl (C=O) groups excluding carboxylic acids is 6. The highest BCUT2D eigenvalue weighted by Gasteiger charge is 2.29. The van der Waals surface area contributed by atoms with Crippen LogP contribution in [0.5, 0.6) is 0 Å². The van der Waals surface area contributed by atoms with Gasteiger partial charge in [0.15, 0.2) is 0 Å². The molecule has 0 aliphatic rings. The van der Waals surface area contributed by atoms with Crippen molar-refractivity contribution in [1.82, 2.24) is 31.9 Å². The number of hydrogen-bond acceptors (Lipinski definition) is 8. The molecule has 0 radical (unpaired) electrons. The van der Waals surface area contributed by atoms with E-state index in [2.05, 4.69) is 31.9 Å². The van der Waals surface area contributed by atoms with E-state index in [1.54, 1.807) is 34.6 Å². The maximum absolute atomic E-state index is 13.0. The lowest BCUT2D eigenvalue weighted by molar-refractivity contribution is -0.142. The fourth-order valence-electron chi connectivity index (χ4n) is 5.12. The first kappa shape index (κ1) is 47.2. The van der Waals surface area contributed by atoms with Gasteiger partial charge in [0.1, 0.15) is 0 Å². The summed E-state index contributed by atoms with van der Waals surface area (Å²) in [6.07, 6.45) is 0.435. The Morgan fingerprint density at radius 2 is 0.902 bits per heavy atom. The van der Waals surface area contributed by atoms with Gasteiger partial charge in [-0.25, -0.2) is 0 Å². The van der Waals surface area contributed by atoms with E-state index in [0.717, 1.165) is 0 Å². The van der Waals surface area contributed by atoms with E-state index in [0.29, 0.717) is 6.42 Å². The minimum absolute atomic E-state index is 0.00835. The number of rotatable bonds is 24. The average molecular weight is 726 g/mol. The maximum Gasteiger partial charge on any atom is 0.308 e. The molecule has 6 amide bonds. The van der Waals surface area contributed by atoms with Crippen molar-refractivity contribution in [1.29, 1.82) is 0 Å². The molecule has 9 N–H and O–H groups in total. The van der Waals surface area contributed by atoms with Crippen molar-refractivity contribution >= 4 is 41.4 Å². The molecule has 0 aliphatic carbocycles. The first-order valence-electron chi connectivity index (χ1n) is 18.3. The summed E-state index contributed by atoms with van der Waals surface area (Å²) in [4.78, 5) is 87.8. The van der Waals surface area contributed by atoms with Gasteiger partial charge in [-0.1, -0.05) is 69.2 Å². The second kappa shape index (κ2) is 23.7. The molecule has 0 aromatic carbocycles. The number of nitrogens with one attached hydrogen (secondary N) is 6. The Balaban J connectivity index is 4.84. The zero-order chi connectivity index (χ0) is 39.6. The van der Waals surface area contributed by atoms with Crippen LogP contribution < -0.4 is 37.6 Å². The molecule has 0 saturated carbocycles. The highest BCUT2D eigenvalue weighted by molar-refractivity contribution is 5.85. The van der Waals surface area contributed by atoms with Crippen LogP contribution in [0.3, 0.4) is 0 Å². The molecule has 15 nitrogen and oxygen atoms in total. The van der Waals surface area contributed by atoms with E-state index >= 15 is 0 Å². The molecule has 0 unspecified atom stereocenters. The van der Waals surface area contributed by atoms with E-state index < -0.39 is 47.5 Å². The van der Waals surface area contributed by atoms with Crippen LogP contribution in [0.15, 0.2) is 0 Å². The van der Waals surface area contributed by atoms with Crippen molar-refractivity contribution in [2.75, 3.05) is 39.3 Å². The van der Waals surface area contributed by atoms with Crippen molar-refractivity contribution in [3.05, 3.63) is 0 Å². The van der Waals surface area contributed by atoms with Crippen molar-refractivity contribution in [2.45, 2.75) is 88.6 Å². The lowest BCUT2D eigenvalue weighted by Gasteiger charge is -2.25. The van der Waals surface area contributed by atoms with Crippen LogP contribution in [-0.4, -0.2) is 91.8 Å². The number of hydrogen-bond donors (Lipinski definition) is 8. The molecule has 0 fully saturated rings. The second-order valence-electron chi connectivity index (χ2n) is 15.1. The van der Waals surface area contributed by atoms with E-state index in [4.69, 9.17) is 5.73 Å². The van der Waals surface area contributed by atoms with Crippen molar-refractivity contribution in [2.24, 2.45) is 64.9 Å². The minimum Gasteiger partial charge on any atom is -0.481 e. The van der Waals surface area contributed by atoms with Gasteiger partial charge in [0.05, 0.1) is 41.4 Å². The third kappa shape index (κ3) is 17.8. The molecule has 51 heavy (non-hydrogen) atoms. The van der Waals surface area contributed by atoms with Crippen LogP contribution >= 0.6 is 0 Å². The Bertz CT molecular complexity index is 1160. The van der Waals surface area contributed by atoms with Crippen LogP contribution in [0.1, 0.15) is 82.6 Å². The first-order valence-corrected chi connectivity index (χ1v) is 18.3. The Morgan fingerprint density at radius 3 is 1.31 bits per heavy atom. The summed E-state index contributed by atoms with van der Waals surface area (Å²) in [5.74, 6) is -6.71. The van der Waals surface area contributed by atoms with Gasteiger partial charge in [-0.2, -0.15) is 0 Å². The Kier molecular flexibility index (Phi) is 21.9. The standard InChI is InChI=1S/C36H67N7O8/c1-19(2)12-27(36(50)51)17-41-31(45)23(8)15-40-35(49)29(21(5)6)18-42-33(47)25(10)26(11)43-32(46)24(9)16-38-30(44)22(7)14-39-34(48)28(13-37)20(3)4/h19-29H,12-18,37H2,1-11H3,(H,38,44)(H,39,48)(H,40,49)(H,41,45)(H,42,47)(H,43,46)(H,50,51)/t22-,23-,24-,25-,26-,27-,28+,29+/m1/s1. The van der Waals surface area contributed by atoms with Gasteiger partial charge >= 0.3 is 5.97 Å². The van der Waals surface area contributed by atoms with Gasteiger partial charge in [0.2, 0.25) is 35.4 Å². The van der Waals surface area contributed by atoms with Gasteiger partial charge in [-0.3, -0.25) is 33.6 Å². The van der Waals surface area contributed by atoms with Crippen LogP contribution in [0.25, 0.3) is 0 Å². The van der Waals surface area contributed by atoms with Gasteiger partial charge in [-0.05, 0) is 31.1 Å². The molecule has 0 aliphatic heterocycles. The van der Waals surface area contributed by atoms with Gasteiger partial charge < -0.3 is 42.7 Å². The van der Waals surface area contributed by atoms with Gasteiger partial charge in [-0.15, -0.1) is 0 Å². The number of nitrogens with two attached hydrogens (primary N) is 1. The number of aliphatic carboxylic acids is 1. The van der Waals surface area contributed by atoms with E-state index in [1.807, 2.05) is 41.5 Å². The molecule has 0 bridgehead atoms. The summed E-state index contributed by atoms with van der Waals surface area (Å²) in [6, 6.07) is -0.548. The monoisotopic (exact) mass is 726 g/mol. The maximum atomic E-state index is 13.0. The summed E-state index contributed by atoms with van der Waals surface area (Å²) in [5, 5.41) is 26.0. The predicted octanol–water partition coefficient (Wildman–Crippen LogP) is 0.867. The fraction of sp³-hybridized carbons (Fsp3) is 0.806. The zero-order valence-electron chi connectivity index (χ0n) is 32.7. The number of carbonyl (C=O) groups is 7. The molecule has 15 heteroatoms. The van der Waals surface area contributed by atoms with Crippen LogP contribution in [0.4, 0.5) is 0 Å². The zero-order valence-corrected chi connectivity index (χ0v) is 32.7. The largest absolute Gasteiger partial charge is 0.481 e. The molecule has 0 rings (SSSR count). The fourth-order valence-corrected chi connectivity index (χ4v) is 5.12. The van der Waals surface area contributed by atoms with E-state index in [9.17, 15) is 38.7 Å². The molecule has 0 aromatic heterocycles. The van der Waals surface area contributed by atoms with Crippen molar-refractivity contribution in [3.63, 3.8) is 0 Å². The third-order valence-electron chi connectivity index (χ3n) is 9.28. The van der Waals surface area contributed by atoms with E-state index in [1.165, 1.54) is 0 Å². The SMILES string of the molecule is CC(C)C[C@H](CNC(=O)[C@H](C)CNC(=O)[C@@H](CNC(=O)[C@H](C)[C@@H](C)NC(=O)[C@H](C)CNC(=O)[C@H](C)CNC(=O)[C@@H](CN)C(C)C)C(C)C)C(=O)O. The van der Waals surface area contributed by atoms with Crippen LogP contribution in [-0.2, 0) is 33.6 Å². The summed E-state index contributed by atoms with van der Waals surface area (Å²) in [6.45, 7) is 20.2. The van der Waals surface area contributed by atoms with Crippen LogP contribution in [0.2, 0.25) is 0 Å². The Morgan fingerprint density at radius 1 is 0.510 bits per heavy atom. The molecule has 0 saturated heterocycles. The van der Waals surface area contributed by atoms with E-state index in [-0.39, 0.29) is 98.4 Å². The third-order valence-corrected chi connectivity index (χ3v) is 9.28. The lowest BCUT2D eigenvalue weighted by Crippen LogP contribution is -2.49. The second-order valence-corrected chi connectivity index (χ2v) is 15.1. The lowest BCUT2D eigenvalue weighted by atomic mass is 9.93. The summed E-state index contributed by atoms with van der Waals surface area (Å²) >= 11 is 0. The first-order chi connectivity index (χ1) is 23.6. The Hall–Kier alpha value is -3.75. The van der Waals surface area contributed by atoms with Gasteiger partial charge in [0.25, 0.3) is 0 Å². The molecule has 0 aromatic rings. The average Bonchev–Trinajstić information content (AvgIpc) is 3.05. The smallest absolute Gasteiger partial charge is 0.308 e. The highest BCUT2D eigenvalue weighted by atomic mass is 16.4. The topological polar surface area (TPSA) is 238 Å². The van der Waals surface area contributed by atoms with Gasteiger partial charge in [0, 0.05) is 45.3 Å². The molecule has 294 valence electrons. The van der Waals surface area contributed by atoms with Crippen LogP contribution in [0, 0.1) is 59.2 Å². The molecule has 8 atom stereocenters. The summed E-state index contributed by atoms with van der Waals surface area (Å²) in [5.41, 5.74) is 5.68. The predicted molar refractivity (Wildman–Crippen MR) is 196 cm³/mol. The number of carboxylic acids is 1. The Labute approximate surface area is 304 Å². The normalized spacial score (nSPS) is 16.1. The summed E-state index contributed by atoms with van der Waals surface area (Å²) < 4.78 is 0. The molecule has 0 spiro atoms. The molecule has 0 heterocycles. The number of carboxylic acid groups (broad SMARTS) is 1. The minimum atomic E-state index is -0.970. The number of amides is 6. The molecular weight excluding hydrogens is 658 g/mol. The highest BCUT2D eigenvalue weighted by Crippen LogP contribution is 2.14.